The highest BCUT2D eigenvalue weighted by molar-refractivity contribution is 7.90. The number of carbonyl (C=O) groups excluding carboxylic acids is 5. The Kier molecular flexibility index (Phi) is 13.0. The second-order valence-electron chi connectivity index (χ2n) is 17.7. The smallest absolute Gasteiger partial charge is 0.410 e. The molecule has 2 aliphatic carbocycles. The van der Waals surface area contributed by atoms with Crippen LogP contribution in [0, 0.1) is 5.92 Å². The van der Waals surface area contributed by atoms with Gasteiger partial charge < -0.3 is 35.2 Å². The summed E-state index contributed by atoms with van der Waals surface area (Å²) in [6, 6.07) is 10.3. The second kappa shape index (κ2) is 18.6. The maximum absolute atomic E-state index is 14.7. The van der Waals surface area contributed by atoms with Gasteiger partial charge in [0.05, 0.1) is 12.2 Å². The van der Waals surface area contributed by atoms with E-state index in [0.29, 0.717) is 31.7 Å². The molecule has 2 saturated heterocycles. The molecule has 6 aliphatic rings. The SMILES string of the molecule is C=C[C@@H]1C[C@@]12NC(=O)[C@@H]1C[C@@H](OC(=O)N3Cc4ccc(N5CCCC5)cc4C3)CN1C(=O)[C@@H](NC(=O)OC1CCCC1)CCCCCCCNc1ccccc1S(=O)(=O)NC2=O. The molecular formula is C45H59N7O9S. The Hall–Kier alpha value is -5.32. The minimum absolute atomic E-state index is 0.0781. The summed E-state index contributed by atoms with van der Waals surface area (Å²) in [5.74, 6) is -2.80. The number of amides is 5. The number of ether oxygens (including phenoxy) is 2. The van der Waals surface area contributed by atoms with Crippen molar-refractivity contribution in [2.45, 2.75) is 138 Å². The molecule has 0 radical (unpaired) electrons. The largest absolute Gasteiger partial charge is 0.446 e. The van der Waals surface area contributed by atoms with Gasteiger partial charge in [0.25, 0.3) is 15.9 Å². The standard InChI is InChI=1S/C45H59N7O9S/c1-2-32-26-45(32)42(55)49-62(58,59)39-18-10-9-16-36(39)46-21-11-5-3-4-6-17-37(47-43(56)60-34-14-7-8-15-34)41(54)52-29-35(25-38(52)40(53)48-45)61-44(57)51-27-30-19-20-33(24-31(30)28-51)50-22-12-13-23-50/h2,9-10,16,18-20,24,32,34-35,37-38,46H,1,3-8,11-15,17,21-23,25-29H2,(H,47,56)(H,48,53)(H,49,55)/t32-,35-,37+,38+,45-/m1/s1. The highest BCUT2D eigenvalue weighted by Crippen LogP contribution is 2.45. The molecule has 5 amide bonds. The summed E-state index contributed by atoms with van der Waals surface area (Å²) in [7, 11) is -4.40. The first-order valence-corrected chi connectivity index (χ1v) is 23.9. The minimum Gasteiger partial charge on any atom is -0.446 e. The molecule has 2 aromatic rings. The van der Waals surface area contributed by atoms with Crippen LogP contribution in [0.3, 0.4) is 0 Å². The van der Waals surface area contributed by atoms with Gasteiger partial charge in [-0.2, -0.15) is 0 Å². The van der Waals surface area contributed by atoms with Crippen LogP contribution >= 0.6 is 0 Å². The van der Waals surface area contributed by atoms with E-state index in [0.717, 1.165) is 94.1 Å². The van der Waals surface area contributed by atoms with Crippen LogP contribution < -0.4 is 25.6 Å². The van der Waals surface area contributed by atoms with Gasteiger partial charge in [-0.25, -0.2) is 22.7 Å². The molecule has 4 heterocycles. The molecule has 16 nitrogen and oxygen atoms in total. The monoisotopic (exact) mass is 873 g/mol. The fraction of sp³-hybridized carbons (Fsp3) is 0.578. The van der Waals surface area contributed by atoms with Gasteiger partial charge in [-0.3, -0.25) is 19.3 Å². The summed E-state index contributed by atoms with van der Waals surface area (Å²) in [5, 5.41) is 8.80. The first-order valence-electron chi connectivity index (χ1n) is 22.4. The van der Waals surface area contributed by atoms with Crippen LogP contribution in [0.1, 0.15) is 101 Å². The molecule has 4 fully saturated rings. The summed E-state index contributed by atoms with van der Waals surface area (Å²) < 4.78 is 41.5. The van der Waals surface area contributed by atoms with Crippen molar-refractivity contribution in [2.75, 3.05) is 36.4 Å². The average Bonchev–Trinajstić information content (AvgIpc) is 3.89. The first kappa shape index (κ1) is 43.3. The lowest BCUT2D eigenvalue weighted by atomic mass is 10.0. The lowest BCUT2D eigenvalue weighted by Crippen LogP contribution is -2.58. The van der Waals surface area contributed by atoms with E-state index in [-0.39, 0.29) is 36.8 Å². The van der Waals surface area contributed by atoms with Gasteiger partial charge >= 0.3 is 12.2 Å². The fourth-order valence-electron chi connectivity index (χ4n) is 9.74. The van der Waals surface area contributed by atoms with E-state index < -0.39 is 69.6 Å². The molecular weight excluding hydrogens is 815 g/mol. The van der Waals surface area contributed by atoms with Crippen LogP contribution in [0.2, 0.25) is 0 Å². The zero-order chi connectivity index (χ0) is 43.4. The molecule has 4 N–H and O–H groups in total. The second-order valence-corrected chi connectivity index (χ2v) is 19.3. The van der Waals surface area contributed by atoms with Crippen molar-refractivity contribution < 1.29 is 41.9 Å². The van der Waals surface area contributed by atoms with Crippen LogP contribution in [0.15, 0.2) is 60.0 Å². The van der Waals surface area contributed by atoms with E-state index in [9.17, 15) is 32.4 Å². The number of alkyl carbamates (subject to hydrolysis) is 1. The molecule has 0 aromatic heterocycles. The number of nitrogens with one attached hydrogen (secondary N) is 4. The van der Waals surface area contributed by atoms with Crippen LogP contribution in [-0.2, 0) is 47.0 Å². The third kappa shape index (κ3) is 9.52. The van der Waals surface area contributed by atoms with Crippen LogP contribution in [0.4, 0.5) is 21.0 Å². The van der Waals surface area contributed by atoms with Gasteiger partial charge in [-0.15, -0.1) is 6.58 Å². The number of benzene rings is 2. The maximum Gasteiger partial charge on any atom is 0.410 e. The van der Waals surface area contributed by atoms with E-state index in [1.807, 2.05) is 6.07 Å². The van der Waals surface area contributed by atoms with E-state index in [4.69, 9.17) is 9.47 Å². The Bertz CT molecular complexity index is 2160. The molecule has 334 valence electrons. The van der Waals surface area contributed by atoms with Crippen LogP contribution in [0.25, 0.3) is 0 Å². The minimum atomic E-state index is -4.40. The third-order valence-electron chi connectivity index (χ3n) is 13.4. The van der Waals surface area contributed by atoms with Crippen LogP contribution in [0.5, 0.6) is 0 Å². The van der Waals surface area contributed by atoms with Crippen molar-refractivity contribution in [1.29, 1.82) is 0 Å². The Morgan fingerprint density at radius 1 is 0.855 bits per heavy atom. The number of rotatable bonds is 5. The summed E-state index contributed by atoms with van der Waals surface area (Å²) >= 11 is 0. The zero-order valence-corrected chi connectivity index (χ0v) is 36.1. The van der Waals surface area contributed by atoms with Crippen molar-refractivity contribution in [3.05, 3.63) is 66.2 Å². The third-order valence-corrected chi connectivity index (χ3v) is 14.8. The van der Waals surface area contributed by atoms with Gasteiger partial charge in [-0.1, -0.05) is 50.0 Å². The molecule has 0 bridgehead atoms. The average molecular weight is 874 g/mol. The first-order chi connectivity index (χ1) is 29.9. The number of hydrogen-bond donors (Lipinski definition) is 4. The normalized spacial score (nSPS) is 28.2. The summed E-state index contributed by atoms with van der Waals surface area (Å²) in [6.45, 7) is 6.88. The van der Waals surface area contributed by atoms with Crippen molar-refractivity contribution in [3.8, 4) is 0 Å². The Morgan fingerprint density at radius 3 is 2.35 bits per heavy atom. The van der Waals surface area contributed by atoms with Crippen molar-refractivity contribution in [2.24, 2.45) is 5.92 Å². The highest BCUT2D eigenvalue weighted by Gasteiger charge is 2.61. The van der Waals surface area contributed by atoms with Crippen molar-refractivity contribution in [3.63, 3.8) is 0 Å². The zero-order valence-electron chi connectivity index (χ0n) is 35.3. The van der Waals surface area contributed by atoms with E-state index in [1.54, 1.807) is 23.1 Å². The Labute approximate surface area is 363 Å². The number of sulfonamides is 1. The lowest BCUT2D eigenvalue weighted by molar-refractivity contribution is -0.141. The topological polar surface area (TPSA) is 196 Å². The number of hydrogen-bond acceptors (Lipinski definition) is 11. The summed E-state index contributed by atoms with van der Waals surface area (Å²) in [6.07, 6.45) is 8.77. The van der Waals surface area contributed by atoms with E-state index in [1.165, 1.54) is 17.0 Å². The molecule has 2 saturated carbocycles. The van der Waals surface area contributed by atoms with Gasteiger partial charge in [0.2, 0.25) is 11.8 Å². The number of fused-ring (bicyclic) bond motifs is 3. The Balaban J connectivity index is 1.04. The number of nitrogens with zero attached hydrogens (tertiary/aromatic N) is 3. The van der Waals surface area contributed by atoms with Gasteiger partial charge in [0.1, 0.15) is 34.7 Å². The number of para-hydroxylation sites is 1. The number of anilines is 2. The highest BCUT2D eigenvalue weighted by atomic mass is 32.2. The number of carbonyl (C=O) groups is 5. The molecule has 62 heavy (non-hydrogen) atoms. The van der Waals surface area contributed by atoms with Gasteiger partial charge in [0.15, 0.2) is 0 Å². The quantitative estimate of drug-likeness (QED) is 0.293. The van der Waals surface area contributed by atoms with Gasteiger partial charge in [-0.05, 0) is 93.2 Å². The van der Waals surface area contributed by atoms with E-state index >= 15 is 0 Å². The molecule has 8 rings (SSSR count). The van der Waals surface area contributed by atoms with Crippen LogP contribution in [-0.4, -0.2) is 104 Å². The predicted molar refractivity (Wildman–Crippen MR) is 230 cm³/mol. The molecule has 2 aromatic carbocycles. The Morgan fingerprint density at radius 2 is 1.58 bits per heavy atom. The molecule has 5 atom stereocenters. The molecule has 0 unspecified atom stereocenters. The van der Waals surface area contributed by atoms with E-state index in [2.05, 4.69) is 44.3 Å². The molecule has 1 spiro atoms. The fourth-order valence-corrected chi connectivity index (χ4v) is 11.0. The van der Waals surface area contributed by atoms with Crippen molar-refractivity contribution in [1.82, 2.24) is 25.2 Å². The molecule has 4 aliphatic heterocycles. The maximum atomic E-state index is 14.7. The van der Waals surface area contributed by atoms with Gasteiger partial charge in [0, 0.05) is 50.7 Å². The predicted octanol–water partition coefficient (Wildman–Crippen LogP) is 5.08. The summed E-state index contributed by atoms with van der Waals surface area (Å²) in [4.78, 5) is 75.5. The molecule has 17 heteroatoms. The summed E-state index contributed by atoms with van der Waals surface area (Å²) in [5.41, 5.74) is 1.87. The van der Waals surface area contributed by atoms with Crippen molar-refractivity contribution >= 4 is 51.3 Å². The lowest BCUT2D eigenvalue weighted by Gasteiger charge is -2.30.